The van der Waals surface area contributed by atoms with Crippen molar-refractivity contribution in [1.29, 1.82) is 0 Å². The molecule has 1 aromatic carbocycles. The van der Waals surface area contributed by atoms with E-state index in [1.54, 1.807) is 30.8 Å². The van der Waals surface area contributed by atoms with Gasteiger partial charge in [-0.05, 0) is 44.5 Å². The topological polar surface area (TPSA) is 81.8 Å². The number of aromatic nitrogens is 4. The summed E-state index contributed by atoms with van der Waals surface area (Å²) in [4.78, 5) is 28.4. The van der Waals surface area contributed by atoms with Crippen molar-refractivity contribution in [2.75, 3.05) is 0 Å². The summed E-state index contributed by atoms with van der Waals surface area (Å²) in [5.74, 6) is -0.247. The van der Waals surface area contributed by atoms with Gasteiger partial charge in [-0.15, -0.1) is 0 Å². The third kappa shape index (κ3) is 3.72. The Hall–Kier alpha value is -3.22. The number of hydrogen-bond acceptors (Lipinski definition) is 4. The average Bonchev–Trinajstić information content (AvgIpc) is 3.12. The number of carbonyl (C=O) groups excluding carboxylic acids is 1. The van der Waals surface area contributed by atoms with Gasteiger partial charge in [-0.1, -0.05) is 18.2 Å². The van der Waals surface area contributed by atoms with Gasteiger partial charge in [0.25, 0.3) is 0 Å². The molecule has 3 rings (SSSR count). The van der Waals surface area contributed by atoms with Crippen molar-refractivity contribution in [3.05, 3.63) is 76.2 Å². The first-order chi connectivity index (χ1) is 12.5. The van der Waals surface area contributed by atoms with Crippen LogP contribution in [0.2, 0.25) is 0 Å². The van der Waals surface area contributed by atoms with E-state index in [9.17, 15) is 9.59 Å². The molecule has 0 spiro atoms. The van der Waals surface area contributed by atoms with E-state index in [4.69, 9.17) is 0 Å². The van der Waals surface area contributed by atoms with Gasteiger partial charge >= 0.3 is 5.69 Å². The molecule has 2 aromatic heterocycles. The monoisotopic (exact) mass is 351 g/mol. The quantitative estimate of drug-likeness (QED) is 0.761. The fourth-order valence-corrected chi connectivity index (χ4v) is 2.95. The molecule has 0 saturated carbocycles. The predicted octanol–water partition coefficient (Wildman–Crippen LogP) is 1.92. The van der Waals surface area contributed by atoms with Crippen molar-refractivity contribution in [3.8, 4) is 5.69 Å². The van der Waals surface area contributed by atoms with Gasteiger partial charge in [0.1, 0.15) is 6.54 Å². The third-order valence-corrected chi connectivity index (χ3v) is 4.18. The number of aryl methyl sites for hydroxylation is 2. The lowest BCUT2D eigenvalue weighted by Gasteiger charge is -2.19. The number of para-hydroxylation sites is 1. The van der Waals surface area contributed by atoms with Gasteiger partial charge in [0.2, 0.25) is 5.91 Å². The predicted molar refractivity (Wildman–Crippen MR) is 98.1 cm³/mol. The maximum Gasteiger partial charge on any atom is 0.348 e. The summed E-state index contributed by atoms with van der Waals surface area (Å²) in [5.41, 5.74) is 2.78. The molecule has 1 amide bonds. The molecule has 134 valence electrons. The van der Waals surface area contributed by atoms with E-state index in [0.29, 0.717) is 11.4 Å². The van der Waals surface area contributed by atoms with Gasteiger partial charge in [-0.2, -0.15) is 10.1 Å². The minimum atomic E-state index is -0.415. The second-order valence-corrected chi connectivity index (χ2v) is 6.21. The zero-order valence-corrected chi connectivity index (χ0v) is 15.0. The molecule has 0 fully saturated rings. The molecule has 0 unspecified atom stereocenters. The van der Waals surface area contributed by atoms with Crippen molar-refractivity contribution < 1.29 is 4.79 Å². The molecule has 1 atom stereocenters. The van der Waals surface area contributed by atoms with Crippen LogP contribution in [0.4, 0.5) is 0 Å². The van der Waals surface area contributed by atoms with E-state index in [0.717, 1.165) is 11.3 Å². The molecular formula is C19H21N5O2. The molecule has 7 heteroatoms. The van der Waals surface area contributed by atoms with Crippen molar-refractivity contribution in [2.45, 2.75) is 33.4 Å². The Balaban J connectivity index is 1.78. The Morgan fingerprint density at radius 3 is 2.69 bits per heavy atom. The van der Waals surface area contributed by atoms with Crippen molar-refractivity contribution in [3.63, 3.8) is 0 Å². The number of amides is 1. The smallest absolute Gasteiger partial charge is 0.348 e. The highest BCUT2D eigenvalue weighted by atomic mass is 16.2. The summed E-state index contributed by atoms with van der Waals surface area (Å²) in [5, 5.41) is 7.21. The normalized spacial score (nSPS) is 12.0. The zero-order chi connectivity index (χ0) is 18.7. The molecule has 2 heterocycles. The fraction of sp³-hybridized carbons (Fsp3) is 0.263. The van der Waals surface area contributed by atoms with E-state index in [1.807, 2.05) is 43.5 Å². The molecule has 3 aromatic rings. The number of hydrogen-bond donors (Lipinski definition) is 1. The lowest BCUT2D eigenvalue weighted by atomic mass is 10.1. The van der Waals surface area contributed by atoms with Gasteiger partial charge in [0.15, 0.2) is 0 Å². The van der Waals surface area contributed by atoms with E-state index in [1.165, 1.54) is 4.57 Å². The first-order valence-electron chi connectivity index (χ1n) is 8.39. The minimum absolute atomic E-state index is 0.0633. The Morgan fingerprint density at radius 2 is 2.00 bits per heavy atom. The molecule has 1 N–H and O–H groups in total. The van der Waals surface area contributed by atoms with Crippen LogP contribution in [0, 0.1) is 13.8 Å². The molecule has 7 nitrogen and oxygen atoms in total. The van der Waals surface area contributed by atoms with Crippen LogP contribution < -0.4 is 11.0 Å². The summed E-state index contributed by atoms with van der Waals surface area (Å²) >= 11 is 0. The van der Waals surface area contributed by atoms with Crippen LogP contribution in [0.25, 0.3) is 5.69 Å². The lowest BCUT2D eigenvalue weighted by molar-refractivity contribution is -0.122. The Bertz CT molecular complexity index is 976. The van der Waals surface area contributed by atoms with Gasteiger partial charge in [0, 0.05) is 23.8 Å². The molecule has 0 aliphatic rings. The maximum atomic E-state index is 12.5. The van der Waals surface area contributed by atoms with Gasteiger partial charge in [0.05, 0.1) is 11.7 Å². The Labute approximate surface area is 151 Å². The second kappa shape index (κ2) is 7.35. The van der Waals surface area contributed by atoms with Crippen LogP contribution in [0.3, 0.4) is 0 Å². The summed E-state index contributed by atoms with van der Waals surface area (Å²) in [6.45, 7) is 5.39. The Morgan fingerprint density at radius 1 is 1.23 bits per heavy atom. The Kier molecular flexibility index (Phi) is 4.97. The zero-order valence-electron chi connectivity index (χ0n) is 15.0. The molecule has 0 radical (unpaired) electrons. The van der Waals surface area contributed by atoms with Crippen LogP contribution in [0.5, 0.6) is 0 Å². The number of carbonyl (C=O) groups is 1. The highest BCUT2D eigenvalue weighted by Crippen LogP contribution is 2.20. The average molecular weight is 351 g/mol. The number of rotatable bonds is 5. The van der Waals surface area contributed by atoms with Crippen LogP contribution in [-0.4, -0.2) is 25.2 Å². The first kappa shape index (κ1) is 17.6. The van der Waals surface area contributed by atoms with Gasteiger partial charge in [-0.25, -0.2) is 9.48 Å². The minimum Gasteiger partial charge on any atom is -0.348 e. The fourth-order valence-electron chi connectivity index (χ4n) is 2.95. The molecule has 0 saturated heterocycles. The van der Waals surface area contributed by atoms with Crippen LogP contribution in [0.15, 0.2) is 53.6 Å². The summed E-state index contributed by atoms with van der Waals surface area (Å²) in [6, 6.07) is 11.1. The summed E-state index contributed by atoms with van der Waals surface area (Å²) in [6.07, 6.45) is 3.56. The molecule has 0 bridgehead atoms. The summed E-state index contributed by atoms with van der Waals surface area (Å²) in [7, 11) is 0. The van der Waals surface area contributed by atoms with E-state index >= 15 is 0 Å². The highest BCUT2D eigenvalue weighted by Gasteiger charge is 2.15. The highest BCUT2D eigenvalue weighted by molar-refractivity contribution is 5.76. The van der Waals surface area contributed by atoms with Crippen molar-refractivity contribution in [1.82, 2.24) is 24.6 Å². The van der Waals surface area contributed by atoms with Crippen LogP contribution in [-0.2, 0) is 11.3 Å². The standard InChI is InChI=1S/C19H21N5O2/c1-13-11-14(2)23(19(26)21-13)12-18(25)22-15(3)16-7-4-5-8-17(16)24-10-6-9-20-24/h4-11,15H,12H2,1-3H3,(H,22,25)/t15-/m0/s1. The van der Waals surface area contributed by atoms with Crippen LogP contribution in [0.1, 0.15) is 29.9 Å². The van der Waals surface area contributed by atoms with E-state index in [2.05, 4.69) is 15.4 Å². The number of benzene rings is 1. The largest absolute Gasteiger partial charge is 0.348 e. The number of nitrogens with one attached hydrogen (secondary N) is 1. The lowest BCUT2D eigenvalue weighted by Crippen LogP contribution is -2.36. The molecule has 0 aliphatic carbocycles. The number of nitrogens with zero attached hydrogens (tertiary/aromatic N) is 4. The molecule has 26 heavy (non-hydrogen) atoms. The summed E-state index contributed by atoms with van der Waals surface area (Å²) < 4.78 is 3.13. The van der Waals surface area contributed by atoms with E-state index < -0.39 is 5.69 Å². The van der Waals surface area contributed by atoms with Gasteiger partial charge < -0.3 is 5.32 Å². The third-order valence-electron chi connectivity index (χ3n) is 4.18. The van der Waals surface area contributed by atoms with E-state index in [-0.39, 0.29) is 18.5 Å². The second-order valence-electron chi connectivity index (χ2n) is 6.21. The van der Waals surface area contributed by atoms with Crippen LogP contribution >= 0.6 is 0 Å². The van der Waals surface area contributed by atoms with Gasteiger partial charge in [-0.3, -0.25) is 9.36 Å². The van der Waals surface area contributed by atoms with Crippen molar-refractivity contribution >= 4 is 5.91 Å². The SMILES string of the molecule is Cc1cc(C)n(CC(=O)N[C@@H](C)c2ccccc2-n2cccn2)c(=O)n1. The van der Waals surface area contributed by atoms with Crippen molar-refractivity contribution in [2.24, 2.45) is 0 Å². The maximum absolute atomic E-state index is 12.5. The first-order valence-corrected chi connectivity index (χ1v) is 8.39. The molecular weight excluding hydrogens is 330 g/mol. The molecule has 0 aliphatic heterocycles.